The second-order valence-corrected chi connectivity index (χ2v) is 8.19. The van der Waals surface area contributed by atoms with Gasteiger partial charge in [-0.2, -0.15) is 8.78 Å². The maximum atomic E-state index is 13.8. The van der Waals surface area contributed by atoms with Crippen LogP contribution in [0.3, 0.4) is 0 Å². The van der Waals surface area contributed by atoms with E-state index in [2.05, 4.69) is 10.1 Å². The fourth-order valence-corrected chi connectivity index (χ4v) is 3.42. The molecule has 4 N–H and O–H groups in total. The maximum Gasteiger partial charge on any atom is 0.313 e. The lowest BCUT2D eigenvalue weighted by Gasteiger charge is -2.21. The van der Waals surface area contributed by atoms with Crippen molar-refractivity contribution < 1.29 is 55.8 Å². The number of hydrogen-bond donors (Lipinski definition) is 4. The predicted molar refractivity (Wildman–Crippen MR) is 116 cm³/mol. The number of para-hydroxylation sites is 1. The van der Waals surface area contributed by atoms with Gasteiger partial charge in [-0.3, -0.25) is 24.0 Å². The number of benzene rings is 2. The molecule has 2 aromatic carbocycles. The Morgan fingerprint density at radius 1 is 1.00 bits per heavy atom. The molecular formula is C23H18F5N3O7. The van der Waals surface area contributed by atoms with Crippen molar-refractivity contribution in [2.75, 3.05) is 11.9 Å². The highest BCUT2D eigenvalue weighted by Gasteiger charge is 2.65. The molecule has 0 aromatic heterocycles. The smallest absolute Gasteiger partial charge is 0.313 e. The van der Waals surface area contributed by atoms with Gasteiger partial charge in [-0.15, -0.1) is 0 Å². The molecule has 1 fully saturated rings. The Hall–Kier alpha value is -4.56. The summed E-state index contributed by atoms with van der Waals surface area (Å²) in [5.74, 6) is -18.0. The van der Waals surface area contributed by atoms with E-state index in [1.54, 1.807) is 0 Å². The predicted octanol–water partition coefficient (Wildman–Crippen LogP) is 1.43. The first-order chi connectivity index (χ1) is 17.8. The van der Waals surface area contributed by atoms with Crippen molar-refractivity contribution in [2.24, 2.45) is 5.92 Å². The summed E-state index contributed by atoms with van der Waals surface area (Å²) < 4.78 is 72.5. The van der Waals surface area contributed by atoms with Crippen molar-refractivity contribution >= 4 is 35.2 Å². The summed E-state index contributed by atoms with van der Waals surface area (Å²) in [7, 11) is 0. The average Bonchev–Trinajstić information content (AvgIpc) is 3.59. The van der Waals surface area contributed by atoms with Crippen LogP contribution in [0.1, 0.15) is 13.3 Å². The van der Waals surface area contributed by atoms with E-state index in [1.807, 2.05) is 10.6 Å². The van der Waals surface area contributed by atoms with E-state index in [0.717, 1.165) is 13.0 Å². The van der Waals surface area contributed by atoms with Gasteiger partial charge in [0.1, 0.15) is 24.0 Å². The molecule has 2 aromatic rings. The largest absolute Gasteiger partial charge is 0.481 e. The van der Waals surface area contributed by atoms with E-state index in [1.165, 1.54) is 18.2 Å². The molecule has 38 heavy (non-hydrogen) atoms. The second-order valence-electron chi connectivity index (χ2n) is 8.19. The van der Waals surface area contributed by atoms with Gasteiger partial charge < -0.3 is 25.8 Å². The first-order valence-corrected chi connectivity index (χ1v) is 10.7. The van der Waals surface area contributed by atoms with E-state index in [0.29, 0.717) is 0 Å². The fourth-order valence-electron chi connectivity index (χ4n) is 3.42. The van der Waals surface area contributed by atoms with Gasteiger partial charge in [0.15, 0.2) is 23.2 Å². The van der Waals surface area contributed by atoms with Gasteiger partial charge in [0.25, 0.3) is 0 Å². The van der Waals surface area contributed by atoms with Gasteiger partial charge in [-0.05, 0) is 25.5 Å². The lowest BCUT2D eigenvalue weighted by molar-refractivity contribution is -0.141. The normalized spacial score (nSPS) is 18.6. The molecule has 0 radical (unpaired) electrons. The standard InChI is InChI=1S/C23H18F5N3O7/c1-9(29-20(34)21(35)30-14-5-3-2-4-11(14)24)19(33)31-23(7-10(23)22(36)37)15(32)8-38-18-16(27)12(25)6-13(26)17(18)28/h2-6,9-10H,7-8H2,1H3,(H,29,34)(H,30,35)(H,31,33)(H,36,37)/t9-,10?,23+/m0/s1. The minimum absolute atomic E-state index is 0.0886. The van der Waals surface area contributed by atoms with Gasteiger partial charge in [0.05, 0.1) is 11.6 Å². The third kappa shape index (κ3) is 5.71. The second kappa shape index (κ2) is 10.8. The van der Waals surface area contributed by atoms with Crippen LogP contribution in [0.4, 0.5) is 27.6 Å². The Morgan fingerprint density at radius 2 is 1.61 bits per heavy atom. The number of carboxylic acid groups (broad SMARTS) is 1. The van der Waals surface area contributed by atoms with Crippen molar-refractivity contribution in [2.45, 2.75) is 24.9 Å². The summed E-state index contributed by atoms with van der Waals surface area (Å²) in [6.07, 6.45) is -0.479. The first kappa shape index (κ1) is 28.0. The van der Waals surface area contributed by atoms with Crippen LogP contribution in [0.15, 0.2) is 30.3 Å². The minimum atomic E-state index is -2.14. The number of ether oxygens (including phenoxy) is 1. The van der Waals surface area contributed by atoms with Crippen LogP contribution in [0, 0.1) is 35.0 Å². The highest BCUT2D eigenvalue weighted by atomic mass is 19.2. The van der Waals surface area contributed by atoms with E-state index in [-0.39, 0.29) is 11.8 Å². The van der Waals surface area contributed by atoms with Crippen molar-refractivity contribution in [3.63, 3.8) is 0 Å². The van der Waals surface area contributed by atoms with Crippen molar-refractivity contribution in [3.8, 4) is 5.75 Å². The average molecular weight is 543 g/mol. The summed E-state index contributed by atoms with van der Waals surface area (Å²) in [6, 6.07) is 3.30. The SMILES string of the molecule is C[C@H](NC(=O)C(=O)Nc1ccccc1F)C(=O)N[C@]1(C(=O)COc2c(F)c(F)cc(F)c2F)CC1C(=O)O. The number of carbonyl (C=O) groups excluding carboxylic acids is 4. The number of aliphatic carboxylic acids is 1. The van der Waals surface area contributed by atoms with E-state index < -0.39 is 94.8 Å². The Bertz CT molecular complexity index is 1310. The number of halogens is 5. The molecule has 0 heterocycles. The number of Topliss-reactive ketones (excluding diaryl/α,β-unsaturated/α-hetero) is 1. The van der Waals surface area contributed by atoms with Gasteiger partial charge in [0, 0.05) is 6.07 Å². The molecule has 0 aliphatic heterocycles. The Labute approximate surface area is 210 Å². The number of anilines is 1. The summed E-state index contributed by atoms with van der Waals surface area (Å²) in [4.78, 5) is 60.9. The molecule has 15 heteroatoms. The zero-order valence-corrected chi connectivity index (χ0v) is 19.2. The maximum absolute atomic E-state index is 13.8. The number of hydrogen-bond acceptors (Lipinski definition) is 6. The highest BCUT2D eigenvalue weighted by molar-refractivity contribution is 6.40. The van der Waals surface area contributed by atoms with Crippen LogP contribution < -0.4 is 20.7 Å². The Morgan fingerprint density at radius 3 is 2.16 bits per heavy atom. The molecule has 202 valence electrons. The molecule has 1 aliphatic rings. The fraction of sp³-hybridized carbons (Fsp3) is 0.261. The molecule has 0 spiro atoms. The summed E-state index contributed by atoms with van der Waals surface area (Å²) in [6.45, 7) is -0.205. The van der Waals surface area contributed by atoms with Gasteiger partial charge in [-0.1, -0.05) is 12.1 Å². The van der Waals surface area contributed by atoms with Crippen molar-refractivity contribution in [3.05, 3.63) is 59.4 Å². The van der Waals surface area contributed by atoms with Crippen molar-refractivity contribution in [1.82, 2.24) is 10.6 Å². The van der Waals surface area contributed by atoms with Gasteiger partial charge >= 0.3 is 17.8 Å². The molecular weight excluding hydrogens is 525 g/mol. The molecule has 3 atom stereocenters. The summed E-state index contributed by atoms with van der Waals surface area (Å²) in [5.41, 5.74) is -2.46. The lowest BCUT2D eigenvalue weighted by atomic mass is 10.1. The van der Waals surface area contributed by atoms with Crippen LogP contribution in [-0.4, -0.2) is 52.8 Å². The lowest BCUT2D eigenvalue weighted by Crippen LogP contribution is -2.55. The van der Waals surface area contributed by atoms with E-state index in [4.69, 9.17) is 0 Å². The highest BCUT2D eigenvalue weighted by Crippen LogP contribution is 2.45. The number of carboxylic acids is 1. The van der Waals surface area contributed by atoms with E-state index >= 15 is 0 Å². The number of ketones is 1. The third-order valence-corrected chi connectivity index (χ3v) is 5.59. The molecule has 1 aliphatic carbocycles. The summed E-state index contributed by atoms with van der Waals surface area (Å²) >= 11 is 0. The van der Waals surface area contributed by atoms with Crippen LogP contribution in [0.5, 0.6) is 5.75 Å². The van der Waals surface area contributed by atoms with Crippen LogP contribution in [-0.2, 0) is 24.0 Å². The zero-order valence-electron chi connectivity index (χ0n) is 19.2. The molecule has 1 saturated carbocycles. The quantitative estimate of drug-likeness (QED) is 0.212. The van der Waals surface area contributed by atoms with E-state index in [9.17, 15) is 51.0 Å². The van der Waals surface area contributed by atoms with Crippen molar-refractivity contribution in [1.29, 1.82) is 0 Å². The monoisotopic (exact) mass is 543 g/mol. The zero-order chi connectivity index (χ0) is 28.4. The molecule has 1 unspecified atom stereocenters. The Balaban J connectivity index is 1.66. The molecule has 3 amide bonds. The molecule has 0 bridgehead atoms. The van der Waals surface area contributed by atoms with Crippen LogP contribution in [0.25, 0.3) is 0 Å². The van der Waals surface area contributed by atoms with Crippen LogP contribution >= 0.6 is 0 Å². The number of nitrogens with one attached hydrogen (secondary N) is 3. The number of carbonyl (C=O) groups is 5. The topological polar surface area (TPSA) is 151 Å². The molecule has 3 rings (SSSR count). The van der Waals surface area contributed by atoms with Gasteiger partial charge in [-0.25, -0.2) is 13.2 Å². The number of amides is 3. The number of rotatable bonds is 9. The van der Waals surface area contributed by atoms with Gasteiger partial charge in [0.2, 0.25) is 17.5 Å². The molecule has 10 nitrogen and oxygen atoms in total. The van der Waals surface area contributed by atoms with Crippen LogP contribution in [0.2, 0.25) is 0 Å². The Kier molecular flexibility index (Phi) is 7.98. The first-order valence-electron chi connectivity index (χ1n) is 10.7. The minimum Gasteiger partial charge on any atom is -0.481 e. The summed E-state index contributed by atoms with van der Waals surface area (Å²) in [5, 5.41) is 15.4. The third-order valence-electron chi connectivity index (χ3n) is 5.59. The molecule has 0 saturated heterocycles.